The highest BCUT2D eigenvalue weighted by molar-refractivity contribution is 7.47. The van der Waals surface area contributed by atoms with Gasteiger partial charge in [-0.05, 0) is 70.6 Å². The van der Waals surface area contributed by atoms with Crippen LogP contribution in [0.2, 0.25) is 0 Å². The number of unbranched alkanes of at least 4 members (excludes halogenated alkanes) is 34. The molecule has 0 bridgehead atoms. The van der Waals surface area contributed by atoms with Crippen molar-refractivity contribution in [3.63, 3.8) is 0 Å². The van der Waals surface area contributed by atoms with E-state index in [-0.39, 0.29) is 19.3 Å². The minimum absolute atomic E-state index is 0.00843. The first-order valence-electron chi connectivity index (χ1n) is 38.1. The zero-order valence-corrected chi connectivity index (χ0v) is 60.7. The Bertz CT molecular complexity index is 2120. The van der Waals surface area contributed by atoms with Crippen molar-refractivity contribution >= 4 is 25.7 Å². The number of phosphoric ester groups is 1. The number of carbonyl (C=O) groups is 3. The number of hydrogen-bond acceptors (Lipinski definition) is 23. The molecule has 25 heteroatoms. The molecule has 2 aliphatic heterocycles. The van der Waals surface area contributed by atoms with Gasteiger partial charge < -0.3 is 89.1 Å². The molecule has 0 aromatic rings. The molecule has 0 aromatic carbocycles. The van der Waals surface area contributed by atoms with Crippen LogP contribution in [0.15, 0.2) is 24.3 Å². The smallest absolute Gasteiger partial charge is 0.463 e. The van der Waals surface area contributed by atoms with Gasteiger partial charge in [-0.15, -0.1) is 0 Å². The molecule has 574 valence electrons. The Morgan fingerprint density at radius 3 is 1.12 bits per heavy atom. The Hall–Kier alpha value is -2.56. The Balaban J connectivity index is 1.74. The molecule has 3 aliphatic rings. The molecule has 3 rings (SSSR count). The Morgan fingerprint density at radius 1 is 0.388 bits per heavy atom. The molecule has 1 aliphatic carbocycles. The molecular formula is C73H133O24P. The van der Waals surface area contributed by atoms with E-state index in [9.17, 15) is 74.9 Å². The molecule has 0 radical (unpaired) electrons. The van der Waals surface area contributed by atoms with Crippen molar-refractivity contribution in [2.24, 2.45) is 0 Å². The van der Waals surface area contributed by atoms with Gasteiger partial charge in [0, 0.05) is 19.3 Å². The van der Waals surface area contributed by atoms with E-state index in [0.717, 1.165) is 116 Å². The fourth-order valence-electron chi connectivity index (χ4n) is 12.5. The van der Waals surface area contributed by atoms with Crippen LogP contribution >= 0.6 is 7.82 Å². The summed E-state index contributed by atoms with van der Waals surface area (Å²) in [7, 11) is -5.70. The Morgan fingerprint density at radius 2 is 0.714 bits per heavy atom. The van der Waals surface area contributed by atoms with Crippen LogP contribution in [-0.4, -0.2) is 204 Å². The average Bonchev–Trinajstić information content (AvgIpc) is 0.763. The van der Waals surface area contributed by atoms with Gasteiger partial charge in [-0.1, -0.05) is 225 Å². The van der Waals surface area contributed by atoms with Crippen LogP contribution in [0.5, 0.6) is 0 Å². The summed E-state index contributed by atoms with van der Waals surface area (Å²) in [6, 6.07) is 0. The number of esters is 3. The van der Waals surface area contributed by atoms with Crippen molar-refractivity contribution in [1.82, 2.24) is 0 Å². The number of rotatable bonds is 59. The van der Waals surface area contributed by atoms with E-state index < -0.39 is 156 Å². The molecule has 18 unspecified atom stereocenters. The number of aliphatic hydroxyl groups is 10. The van der Waals surface area contributed by atoms with Crippen molar-refractivity contribution in [3.05, 3.63) is 24.3 Å². The van der Waals surface area contributed by atoms with Gasteiger partial charge >= 0.3 is 25.7 Å². The summed E-state index contributed by atoms with van der Waals surface area (Å²) in [4.78, 5) is 51.0. The topological polar surface area (TPSA) is 374 Å². The fraction of sp³-hybridized carbons (Fsp3) is 0.904. The monoisotopic (exact) mass is 1420 g/mol. The highest BCUT2D eigenvalue weighted by Crippen LogP contribution is 2.49. The first-order valence-corrected chi connectivity index (χ1v) is 39.6. The van der Waals surface area contributed by atoms with Gasteiger partial charge in [0.25, 0.3) is 0 Å². The van der Waals surface area contributed by atoms with E-state index in [0.29, 0.717) is 19.3 Å². The SMILES string of the molecule is CCCCCC/C=C\CCCCCCCCCC(=O)OCC(COP(=O)(O)OC1C(OC2OC(CO)C(O)C(O)C2O)C(O)C(O)C(O)C1OC1OC(COC(=O)CCCCC/C=C\CCCCCCCCC)C(O)C(O)C1O)OC(=O)CCCCCCCCCCCCCCCC. The van der Waals surface area contributed by atoms with E-state index >= 15 is 0 Å². The minimum Gasteiger partial charge on any atom is -0.463 e. The lowest BCUT2D eigenvalue weighted by Crippen LogP contribution is -2.69. The molecule has 11 N–H and O–H groups in total. The van der Waals surface area contributed by atoms with Crippen LogP contribution in [0.1, 0.15) is 290 Å². The molecular weight excluding hydrogens is 1290 g/mol. The third-order valence-electron chi connectivity index (χ3n) is 18.7. The minimum atomic E-state index is -5.70. The lowest BCUT2D eigenvalue weighted by Gasteiger charge is -2.49. The zero-order chi connectivity index (χ0) is 71.8. The van der Waals surface area contributed by atoms with E-state index in [1.807, 2.05) is 0 Å². The average molecular weight is 1430 g/mol. The number of aliphatic hydroxyl groups excluding tert-OH is 10. The molecule has 98 heavy (non-hydrogen) atoms. The summed E-state index contributed by atoms with van der Waals surface area (Å²) < 4.78 is 65.0. The van der Waals surface area contributed by atoms with Gasteiger partial charge in [-0.2, -0.15) is 0 Å². The van der Waals surface area contributed by atoms with E-state index in [2.05, 4.69) is 45.1 Å². The molecule has 24 nitrogen and oxygen atoms in total. The third kappa shape index (κ3) is 37.7. The molecule has 2 heterocycles. The maximum absolute atomic E-state index is 14.3. The third-order valence-corrected chi connectivity index (χ3v) is 19.7. The van der Waals surface area contributed by atoms with Crippen molar-refractivity contribution in [2.45, 2.75) is 395 Å². The standard InChI is InChI=1S/C73H133O24P/c1-4-7-10-13-16-19-22-25-28-31-33-35-38-41-44-47-57(75)89-51-54(92-59(77)49-46-43-40-37-34-30-27-24-21-18-15-12-9-6-3)52-91-98(87,88)97-71-69(95-72-67(85)62(80)60(78)55(50-74)93-72)65(83)64(82)66(84)70(71)96-73-68(86)63(81)61(79)56(94-73)53-90-58(76)48-45-42-39-36-32-29-26-23-20-17-14-11-8-5-2/h19,22,29,32,54-56,60-74,78-86H,4-18,20-21,23-28,30-31,33-53H2,1-3H3,(H,87,88)/b22-19-,32-29-. The summed E-state index contributed by atoms with van der Waals surface area (Å²) in [5, 5.41) is 110. The van der Waals surface area contributed by atoms with Gasteiger partial charge in [0.1, 0.15) is 98.7 Å². The Kier molecular flexibility index (Phi) is 50.3. The number of carbonyl (C=O) groups excluding carboxylic acids is 3. The quantitative estimate of drug-likeness (QED) is 0.00886. The lowest BCUT2D eigenvalue weighted by molar-refractivity contribution is -0.360. The maximum Gasteiger partial charge on any atom is 0.472 e. The second kappa shape index (κ2) is 55.0. The van der Waals surface area contributed by atoms with Crippen LogP contribution in [0, 0.1) is 0 Å². The molecule has 2 saturated heterocycles. The van der Waals surface area contributed by atoms with Gasteiger partial charge in [0.2, 0.25) is 0 Å². The molecule has 0 amide bonds. The number of allylic oxidation sites excluding steroid dienone is 4. The molecule has 0 aromatic heterocycles. The molecule has 3 fully saturated rings. The summed E-state index contributed by atoms with van der Waals surface area (Å²) >= 11 is 0. The van der Waals surface area contributed by atoms with Gasteiger partial charge in [0.05, 0.1) is 13.2 Å². The van der Waals surface area contributed by atoms with Crippen molar-refractivity contribution in [3.8, 4) is 0 Å². The number of hydrogen-bond donors (Lipinski definition) is 11. The lowest BCUT2D eigenvalue weighted by atomic mass is 9.84. The fourth-order valence-corrected chi connectivity index (χ4v) is 13.4. The van der Waals surface area contributed by atoms with Crippen LogP contribution in [-0.2, 0) is 61.2 Å². The second-order valence-corrected chi connectivity index (χ2v) is 28.8. The number of ether oxygens (including phenoxy) is 7. The summed E-state index contributed by atoms with van der Waals surface area (Å²) in [5.41, 5.74) is 0. The predicted molar refractivity (Wildman–Crippen MR) is 370 cm³/mol. The highest BCUT2D eigenvalue weighted by atomic mass is 31.2. The van der Waals surface area contributed by atoms with E-state index in [1.165, 1.54) is 116 Å². The van der Waals surface area contributed by atoms with Crippen molar-refractivity contribution in [2.75, 3.05) is 26.4 Å². The van der Waals surface area contributed by atoms with Crippen LogP contribution in [0.25, 0.3) is 0 Å². The molecule has 18 atom stereocenters. The first kappa shape index (κ1) is 89.7. The summed E-state index contributed by atoms with van der Waals surface area (Å²) in [5.74, 6) is -2.00. The van der Waals surface area contributed by atoms with Crippen molar-refractivity contribution in [1.29, 1.82) is 0 Å². The summed E-state index contributed by atoms with van der Waals surface area (Å²) in [6.45, 7) is 3.42. The Labute approximate surface area is 585 Å². The highest BCUT2D eigenvalue weighted by Gasteiger charge is 2.58. The normalized spacial score (nSPS) is 27.7. The van der Waals surface area contributed by atoms with Crippen LogP contribution in [0.3, 0.4) is 0 Å². The second-order valence-electron chi connectivity index (χ2n) is 27.4. The van der Waals surface area contributed by atoms with Gasteiger partial charge in [-0.25, -0.2) is 4.57 Å². The number of phosphoric acid groups is 1. The molecule has 1 saturated carbocycles. The van der Waals surface area contributed by atoms with E-state index in [4.69, 9.17) is 42.2 Å². The van der Waals surface area contributed by atoms with Gasteiger partial charge in [0.15, 0.2) is 18.7 Å². The van der Waals surface area contributed by atoms with Gasteiger partial charge in [-0.3, -0.25) is 23.4 Å². The predicted octanol–water partition coefficient (Wildman–Crippen LogP) is 10.5. The molecule has 0 spiro atoms. The first-order chi connectivity index (χ1) is 47.3. The van der Waals surface area contributed by atoms with Crippen LogP contribution < -0.4 is 0 Å². The zero-order valence-electron chi connectivity index (χ0n) is 59.8. The van der Waals surface area contributed by atoms with Crippen molar-refractivity contribution < 1.29 is 117 Å². The van der Waals surface area contributed by atoms with E-state index in [1.54, 1.807) is 0 Å². The van der Waals surface area contributed by atoms with Crippen LogP contribution in [0.4, 0.5) is 0 Å². The maximum atomic E-state index is 14.3. The summed E-state index contributed by atoms with van der Waals surface area (Å²) in [6.07, 6.45) is 15.2. The largest absolute Gasteiger partial charge is 0.472 e.